The Morgan fingerprint density at radius 2 is 2.06 bits per heavy atom. The molecule has 0 radical (unpaired) electrons. The Kier molecular flexibility index (Phi) is 4.45. The van der Waals surface area contributed by atoms with Crippen LogP contribution in [-0.4, -0.2) is 9.97 Å². The molecule has 2 unspecified atom stereocenters. The first kappa shape index (κ1) is 14.0. The number of nitrogen functional groups attached to an aromatic ring is 1. The zero-order valence-corrected chi connectivity index (χ0v) is 13.6. The Balaban J connectivity index is 2.29. The lowest BCUT2D eigenvalue weighted by Gasteiger charge is -2.14. The van der Waals surface area contributed by atoms with Gasteiger partial charge in [0.25, 0.3) is 0 Å². The van der Waals surface area contributed by atoms with E-state index in [9.17, 15) is 0 Å². The van der Waals surface area contributed by atoms with Crippen molar-refractivity contribution in [2.75, 3.05) is 5.73 Å². The van der Waals surface area contributed by atoms with Crippen molar-refractivity contribution in [3.05, 3.63) is 15.1 Å². The Morgan fingerprint density at radius 1 is 1.33 bits per heavy atom. The van der Waals surface area contributed by atoms with Crippen molar-refractivity contribution < 1.29 is 0 Å². The van der Waals surface area contributed by atoms with E-state index < -0.39 is 0 Å². The highest BCUT2D eigenvalue weighted by atomic mass is 127. The van der Waals surface area contributed by atoms with Gasteiger partial charge >= 0.3 is 0 Å². The molecular formula is C14H22IN3. The van der Waals surface area contributed by atoms with Gasteiger partial charge in [0, 0.05) is 5.92 Å². The van der Waals surface area contributed by atoms with E-state index >= 15 is 0 Å². The third-order valence-electron chi connectivity index (χ3n) is 3.62. The van der Waals surface area contributed by atoms with E-state index in [0.29, 0.717) is 17.7 Å². The van der Waals surface area contributed by atoms with Gasteiger partial charge in [-0.25, -0.2) is 9.97 Å². The fraction of sp³-hybridized carbons (Fsp3) is 0.714. The van der Waals surface area contributed by atoms with Gasteiger partial charge in [-0.2, -0.15) is 0 Å². The molecule has 1 heterocycles. The monoisotopic (exact) mass is 359 g/mol. The summed E-state index contributed by atoms with van der Waals surface area (Å²) < 4.78 is 1.04. The molecule has 1 aliphatic rings. The Labute approximate surface area is 123 Å². The molecule has 18 heavy (non-hydrogen) atoms. The average molecular weight is 359 g/mol. The first-order chi connectivity index (χ1) is 8.47. The molecule has 0 bridgehead atoms. The topological polar surface area (TPSA) is 51.8 Å². The molecule has 0 amide bonds. The van der Waals surface area contributed by atoms with Gasteiger partial charge in [-0.1, -0.05) is 20.8 Å². The van der Waals surface area contributed by atoms with E-state index in [1.165, 1.54) is 19.3 Å². The Morgan fingerprint density at radius 3 is 2.61 bits per heavy atom. The van der Waals surface area contributed by atoms with E-state index in [1.54, 1.807) is 0 Å². The number of nitrogens with two attached hydrogens (primary N) is 1. The molecule has 100 valence electrons. The van der Waals surface area contributed by atoms with Crippen molar-refractivity contribution in [1.29, 1.82) is 0 Å². The van der Waals surface area contributed by atoms with Crippen LogP contribution in [0.25, 0.3) is 0 Å². The number of anilines is 1. The molecule has 3 nitrogen and oxygen atoms in total. The van der Waals surface area contributed by atoms with Crippen molar-refractivity contribution in [3.63, 3.8) is 0 Å². The second-order valence-electron chi connectivity index (χ2n) is 5.94. The summed E-state index contributed by atoms with van der Waals surface area (Å²) in [5, 5.41) is 0. The second-order valence-corrected chi connectivity index (χ2v) is 7.02. The number of halogens is 1. The highest BCUT2D eigenvalue weighted by Gasteiger charge is 2.26. The summed E-state index contributed by atoms with van der Waals surface area (Å²) >= 11 is 2.27. The summed E-state index contributed by atoms with van der Waals surface area (Å²) in [6, 6.07) is 0. The minimum atomic E-state index is 0.519. The van der Waals surface area contributed by atoms with Crippen LogP contribution in [0.1, 0.15) is 57.5 Å². The summed E-state index contributed by atoms with van der Waals surface area (Å²) in [7, 11) is 0. The summed E-state index contributed by atoms with van der Waals surface area (Å²) in [6.07, 6.45) is 4.70. The average Bonchev–Trinajstić information content (AvgIpc) is 2.70. The van der Waals surface area contributed by atoms with Crippen LogP contribution in [0, 0.1) is 15.4 Å². The van der Waals surface area contributed by atoms with Gasteiger partial charge in [-0.05, 0) is 60.1 Å². The molecule has 0 saturated heterocycles. The largest absolute Gasteiger partial charge is 0.383 e. The molecule has 2 atom stereocenters. The quantitative estimate of drug-likeness (QED) is 0.836. The van der Waals surface area contributed by atoms with Crippen molar-refractivity contribution in [2.45, 2.75) is 52.4 Å². The lowest BCUT2D eigenvalue weighted by Crippen LogP contribution is -2.11. The predicted molar refractivity (Wildman–Crippen MR) is 83.5 cm³/mol. The van der Waals surface area contributed by atoms with Crippen molar-refractivity contribution >= 4 is 28.4 Å². The maximum Gasteiger partial charge on any atom is 0.140 e. The van der Waals surface area contributed by atoms with Crippen LogP contribution in [0.5, 0.6) is 0 Å². The van der Waals surface area contributed by atoms with Gasteiger partial charge < -0.3 is 5.73 Å². The number of nitrogens with zero attached hydrogens (tertiary/aromatic N) is 2. The van der Waals surface area contributed by atoms with Crippen LogP contribution < -0.4 is 5.73 Å². The highest BCUT2D eigenvalue weighted by molar-refractivity contribution is 14.1. The standard InChI is InChI=1S/C14H22IN3/c1-8(2)6-11-12(15)13(16)18-14(17-11)10-5-4-9(3)7-10/h8-10H,4-7H2,1-3H3,(H2,16,17,18). The molecule has 1 aliphatic carbocycles. The van der Waals surface area contributed by atoms with Crippen molar-refractivity contribution in [2.24, 2.45) is 11.8 Å². The molecule has 0 aromatic carbocycles. The van der Waals surface area contributed by atoms with Gasteiger partial charge in [0.2, 0.25) is 0 Å². The Bertz CT molecular complexity index is 431. The Hall–Kier alpha value is -0.390. The molecule has 2 N–H and O–H groups in total. The van der Waals surface area contributed by atoms with Gasteiger partial charge in [-0.15, -0.1) is 0 Å². The van der Waals surface area contributed by atoms with E-state index in [-0.39, 0.29) is 0 Å². The number of aromatic nitrogens is 2. The van der Waals surface area contributed by atoms with Gasteiger partial charge in [0.05, 0.1) is 9.26 Å². The summed E-state index contributed by atoms with van der Waals surface area (Å²) in [5.74, 6) is 3.56. The maximum atomic E-state index is 6.04. The van der Waals surface area contributed by atoms with Crippen LogP contribution in [0.3, 0.4) is 0 Å². The lowest BCUT2D eigenvalue weighted by atomic mass is 10.0. The minimum absolute atomic E-state index is 0.519. The summed E-state index contributed by atoms with van der Waals surface area (Å²) in [5.41, 5.74) is 7.17. The summed E-state index contributed by atoms with van der Waals surface area (Å²) in [4.78, 5) is 9.31. The van der Waals surface area contributed by atoms with Crippen molar-refractivity contribution in [1.82, 2.24) is 9.97 Å². The SMILES string of the molecule is CC(C)Cc1nc(C2CCC(C)C2)nc(N)c1I. The normalized spacial score (nSPS) is 23.8. The molecule has 1 aromatic rings. The minimum Gasteiger partial charge on any atom is -0.383 e. The van der Waals surface area contributed by atoms with Gasteiger partial charge in [0.1, 0.15) is 11.6 Å². The van der Waals surface area contributed by atoms with Crippen LogP contribution in [0.15, 0.2) is 0 Å². The van der Waals surface area contributed by atoms with Gasteiger partial charge in [0.15, 0.2) is 0 Å². The van der Waals surface area contributed by atoms with Gasteiger partial charge in [-0.3, -0.25) is 0 Å². The molecule has 4 heteroatoms. The zero-order valence-electron chi connectivity index (χ0n) is 11.4. The zero-order chi connectivity index (χ0) is 13.3. The first-order valence-corrected chi connectivity index (χ1v) is 7.87. The third-order valence-corrected chi connectivity index (χ3v) is 4.80. The van der Waals surface area contributed by atoms with Crippen LogP contribution in [-0.2, 0) is 6.42 Å². The maximum absolute atomic E-state index is 6.04. The van der Waals surface area contributed by atoms with Crippen LogP contribution in [0.4, 0.5) is 5.82 Å². The summed E-state index contributed by atoms with van der Waals surface area (Å²) in [6.45, 7) is 6.74. The third kappa shape index (κ3) is 3.13. The number of hydrogen-bond donors (Lipinski definition) is 1. The molecule has 2 rings (SSSR count). The van der Waals surface area contributed by atoms with Crippen LogP contribution >= 0.6 is 22.6 Å². The molecular weight excluding hydrogens is 337 g/mol. The van der Waals surface area contributed by atoms with Crippen LogP contribution in [0.2, 0.25) is 0 Å². The fourth-order valence-electron chi connectivity index (χ4n) is 2.68. The first-order valence-electron chi connectivity index (χ1n) is 6.79. The number of rotatable bonds is 3. The highest BCUT2D eigenvalue weighted by Crippen LogP contribution is 2.37. The molecule has 1 fully saturated rings. The molecule has 1 saturated carbocycles. The predicted octanol–water partition coefficient (Wildman–Crippen LogP) is 3.77. The number of hydrogen-bond acceptors (Lipinski definition) is 3. The van der Waals surface area contributed by atoms with E-state index in [1.807, 2.05) is 0 Å². The van der Waals surface area contributed by atoms with E-state index in [2.05, 4.69) is 48.3 Å². The lowest BCUT2D eigenvalue weighted by molar-refractivity contribution is 0.578. The molecule has 0 spiro atoms. The fourth-order valence-corrected chi connectivity index (χ4v) is 3.14. The van der Waals surface area contributed by atoms with E-state index in [4.69, 9.17) is 10.7 Å². The molecule has 0 aliphatic heterocycles. The van der Waals surface area contributed by atoms with Crippen molar-refractivity contribution in [3.8, 4) is 0 Å². The molecule has 1 aromatic heterocycles. The second kappa shape index (κ2) is 5.72. The smallest absolute Gasteiger partial charge is 0.140 e. The van der Waals surface area contributed by atoms with E-state index in [0.717, 1.165) is 27.4 Å².